The lowest BCUT2D eigenvalue weighted by Gasteiger charge is -2.09. The van der Waals surface area contributed by atoms with Crippen LogP contribution in [0, 0.1) is 0 Å². The number of benzene rings is 1. The number of para-hydroxylation sites is 1. The molecule has 0 spiro atoms. The van der Waals surface area contributed by atoms with Crippen LogP contribution in [0.15, 0.2) is 22.6 Å². The monoisotopic (exact) mass is 278 g/mol. The number of nitrogens with zero attached hydrogens (tertiary/aromatic N) is 2. The molecule has 2 aromatic rings. The molecular formula is C13H14N2O5. The van der Waals surface area contributed by atoms with E-state index in [1.807, 2.05) is 0 Å². The molecule has 0 radical (unpaired) electrons. The molecule has 0 saturated heterocycles. The Bertz CT molecular complexity index is 609. The number of hydrogen-bond acceptors (Lipinski definition) is 7. The summed E-state index contributed by atoms with van der Waals surface area (Å²) in [4.78, 5) is 11.5. The Balaban J connectivity index is 2.40. The quantitative estimate of drug-likeness (QED) is 0.772. The number of aromatic nitrogens is 2. The lowest BCUT2D eigenvalue weighted by atomic mass is 10.2. The highest BCUT2D eigenvalue weighted by atomic mass is 16.5. The molecule has 1 aromatic carbocycles. The number of ether oxygens (including phenoxy) is 3. The van der Waals surface area contributed by atoms with Crippen LogP contribution in [0.25, 0.3) is 11.5 Å². The Hall–Kier alpha value is -2.57. The molecule has 0 atom stereocenters. The first-order valence-corrected chi connectivity index (χ1v) is 5.93. The maximum absolute atomic E-state index is 11.5. The van der Waals surface area contributed by atoms with Gasteiger partial charge in [0.1, 0.15) is 0 Å². The second kappa shape index (κ2) is 6.05. The average Bonchev–Trinajstić information content (AvgIpc) is 2.96. The smallest absolute Gasteiger partial charge is 0.396 e. The molecule has 0 aliphatic heterocycles. The van der Waals surface area contributed by atoms with E-state index in [4.69, 9.17) is 18.6 Å². The molecule has 0 saturated carbocycles. The molecule has 7 heteroatoms. The Morgan fingerprint density at radius 1 is 1.25 bits per heavy atom. The van der Waals surface area contributed by atoms with Crippen molar-refractivity contribution in [1.29, 1.82) is 0 Å². The van der Waals surface area contributed by atoms with Crippen molar-refractivity contribution in [2.45, 2.75) is 6.92 Å². The molecule has 20 heavy (non-hydrogen) atoms. The second-order valence-corrected chi connectivity index (χ2v) is 3.67. The summed E-state index contributed by atoms with van der Waals surface area (Å²) in [5.41, 5.74) is 0.537. The van der Waals surface area contributed by atoms with Crippen molar-refractivity contribution in [2.75, 3.05) is 20.8 Å². The molecule has 0 bridgehead atoms. The summed E-state index contributed by atoms with van der Waals surface area (Å²) in [7, 11) is 3.03. The summed E-state index contributed by atoms with van der Waals surface area (Å²) in [5, 5.41) is 7.48. The van der Waals surface area contributed by atoms with E-state index in [0.717, 1.165) is 0 Å². The first kappa shape index (κ1) is 13.9. The zero-order valence-electron chi connectivity index (χ0n) is 11.4. The van der Waals surface area contributed by atoms with E-state index in [-0.39, 0.29) is 18.4 Å². The Morgan fingerprint density at radius 3 is 2.70 bits per heavy atom. The van der Waals surface area contributed by atoms with E-state index in [1.165, 1.54) is 14.2 Å². The van der Waals surface area contributed by atoms with Crippen LogP contribution in [-0.2, 0) is 4.74 Å². The van der Waals surface area contributed by atoms with Gasteiger partial charge in [0, 0.05) is 0 Å². The van der Waals surface area contributed by atoms with Gasteiger partial charge in [0.25, 0.3) is 5.89 Å². The molecule has 0 aliphatic carbocycles. The fourth-order valence-electron chi connectivity index (χ4n) is 1.66. The lowest BCUT2D eigenvalue weighted by molar-refractivity contribution is 0.0481. The minimum Gasteiger partial charge on any atom is -0.493 e. The lowest BCUT2D eigenvalue weighted by Crippen LogP contribution is -2.04. The third-order valence-corrected chi connectivity index (χ3v) is 2.51. The van der Waals surface area contributed by atoms with E-state index in [1.54, 1.807) is 25.1 Å². The molecule has 0 fully saturated rings. The highest BCUT2D eigenvalue weighted by Gasteiger charge is 2.20. The summed E-state index contributed by atoms with van der Waals surface area (Å²) in [5.74, 6) is 0.276. The largest absolute Gasteiger partial charge is 0.493 e. The molecule has 0 aliphatic rings. The molecule has 2 rings (SSSR count). The van der Waals surface area contributed by atoms with E-state index in [9.17, 15) is 4.79 Å². The summed E-state index contributed by atoms with van der Waals surface area (Å²) < 4.78 is 20.5. The minimum absolute atomic E-state index is 0.156. The Morgan fingerprint density at radius 2 is 2.05 bits per heavy atom. The van der Waals surface area contributed by atoms with Gasteiger partial charge in [-0.15, -0.1) is 10.2 Å². The van der Waals surface area contributed by atoms with Gasteiger partial charge in [-0.05, 0) is 19.1 Å². The summed E-state index contributed by atoms with van der Waals surface area (Å²) in [6.07, 6.45) is 0. The predicted molar refractivity (Wildman–Crippen MR) is 68.8 cm³/mol. The Kier molecular flexibility index (Phi) is 4.19. The third-order valence-electron chi connectivity index (χ3n) is 2.51. The normalized spacial score (nSPS) is 10.2. The van der Waals surface area contributed by atoms with Gasteiger partial charge >= 0.3 is 11.9 Å². The highest BCUT2D eigenvalue weighted by Crippen LogP contribution is 2.37. The topological polar surface area (TPSA) is 83.7 Å². The van der Waals surface area contributed by atoms with Gasteiger partial charge in [-0.3, -0.25) is 0 Å². The first-order valence-electron chi connectivity index (χ1n) is 5.93. The van der Waals surface area contributed by atoms with Gasteiger partial charge in [0.15, 0.2) is 11.5 Å². The van der Waals surface area contributed by atoms with Crippen molar-refractivity contribution in [3.05, 3.63) is 24.1 Å². The summed E-state index contributed by atoms with van der Waals surface area (Å²) >= 11 is 0. The van der Waals surface area contributed by atoms with Crippen LogP contribution >= 0.6 is 0 Å². The maximum atomic E-state index is 11.5. The Labute approximate surface area is 115 Å². The molecule has 1 aromatic heterocycles. The van der Waals surface area contributed by atoms with Crippen LogP contribution < -0.4 is 9.47 Å². The molecule has 0 N–H and O–H groups in total. The second-order valence-electron chi connectivity index (χ2n) is 3.67. The number of carbonyl (C=O) groups excluding carboxylic acids is 1. The molecule has 7 nitrogen and oxygen atoms in total. The van der Waals surface area contributed by atoms with Gasteiger partial charge in [-0.2, -0.15) is 0 Å². The van der Waals surface area contributed by atoms with Crippen LogP contribution in [0.3, 0.4) is 0 Å². The van der Waals surface area contributed by atoms with Crippen molar-refractivity contribution in [2.24, 2.45) is 0 Å². The van der Waals surface area contributed by atoms with Gasteiger partial charge in [0.2, 0.25) is 0 Å². The summed E-state index contributed by atoms with van der Waals surface area (Å²) in [6, 6.07) is 5.22. The number of esters is 1. The molecule has 0 unspecified atom stereocenters. The van der Waals surface area contributed by atoms with Crippen LogP contribution in [0.5, 0.6) is 11.5 Å². The molecule has 0 amide bonds. The zero-order chi connectivity index (χ0) is 14.5. The van der Waals surface area contributed by atoms with Crippen LogP contribution in [0.4, 0.5) is 0 Å². The van der Waals surface area contributed by atoms with Crippen molar-refractivity contribution >= 4 is 5.97 Å². The van der Waals surface area contributed by atoms with Gasteiger partial charge in [0.05, 0.1) is 26.4 Å². The van der Waals surface area contributed by atoms with Crippen LogP contribution in [0.2, 0.25) is 0 Å². The van der Waals surface area contributed by atoms with Gasteiger partial charge in [-0.25, -0.2) is 4.79 Å². The number of carbonyl (C=O) groups is 1. The van der Waals surface area contributed by atoms with Gasteiger partial charge in [-0.1, -0.05) is 6.07 Å². The molecular weight excluding hydrogens is 264 g/mol. The van der Waals surface area contributed by atoms with E-state index in [2.05, 4.69) is 10.2 Å². The average molecular weight is 278 g/mol. The van der Waals surface area contributed by atoms with Crippen molar-refractivity contribution in [1.82, 2.24) is 10.2 Å². The fraction of sp³-hybridized carbons (Fsp3) is 0.308. The third kappa shape index (κ3) is 2.56. The predicted octanol–water partition coefficient (Wildman–Crippen LogP) is 1.93. The summed E-state index contributed by atoms with van der Waals surface area (Å²) in [6.45, 7) is 1.93. The minimum atomic E-state index is -0.659. The van der Waals surface area contributed by atoms with Gasteiger partial charge < -0.3 is 18.6 Å². The SMILES string of the molecule is CCOC(=O)c1nnc(-c2cccc(OC)c2OC)o1. The van der Waals surface area contributed by atoms with E-state index in [0.29, 0.717) is 17.1 Å². The van der Waals surface area contributed by atoms with E-state index < -0.39 is 5.97 Å². The van der Waals surface area contributed by atoms with Crippen molar-refractivity contribution in [3.8, 4) is 23.0 Å². The van der Waals surface area contributed by atoms with Crippen molar-refractivity contribution in [3.63, 3.8) is 0 Å². The fourth-order valence-corrected chi connectivity index (χ4v) is 1.66. The number of rotatable bonds is 5. The van der Waals surface area contributed by atoms with E-state index >= 15 is 0 Å². The number of hydrogen-bond donors (Lipinski definition) is 0. The van der Waals surface area contributed by atoms with Crippen LogP contribution in [-0.4, -0.2) is 37.0 Å². The maximum Gasteiger partial charge on any atom is 0.396 e. The zero-order valence-corrected chi connectivity index (χ0v) is 11.4. The standard InChI is InChI=1S/C13H14N2O5/c1-4-19-13(16)12-15-14-11(20-12)8-6-5-7-9(17-2)10(8)18-3/h5-7H,4H2,1-3H3. The molecule has 1 heterocycles. The van der Waals surface area contributed by atoms with Crippen LogP contribution in [0.1, 0.15) is 17.6 Å². The molecule has 106 valence electrons. The first-order chi connectivity index (χ1) is 9.71. The van der Waals surface area contributed by atoms with Crippen molar-refractivity contribution < 1.29 is 23.4 Å². The highest BCUT2D eigenvalue weighted by molar-refractivity contribution is 5.84. The number of methoxy groups -OCH3 is 2.